The quantitative estimate of drug-likeness (QED) is 0.524. The Labute approximate surface area is 184 Å². The second kappa shape index (κ2) is 9.82. The molecule has 10 heteroatoms. The van der Waals surface area contributed by atoms with E-state index in [1.54, 1.807) is 25.1 Å². The van der Waals surface area contributed by atoms with Crippen molar-refractivity contribution in [1.29, 1.82) is 0 Å². The Hall–Kier alpha value is -2.07. The normalized spacial score (nSPS) is 13.7. The lowest BCUT2D eigenvalue weighted by atomic mass is 10.2. The van der Waals surface area contributed by atoms with E-state index >= 15 is 0 Å². The van der Waals surface area contributed by atoms with Gasteiger partial charge >= 0.3 is 0 Å². The van der Waals surface area contributed by atoms with Gasteiger partial charge in [-0.25, -0.2) is 8.42 Å². The van der Waals surface area contributed by atoms with Crippen molar-refractivity contribution < 1.29 is 23.0 Å². The molecule has 1 unspecified atom stereocenters. The number of alkyl halides is 1. The Bertz CT molecular complexity index is 1040. The second-order valence-corrected chi connectivity index (χ2v) is 10.5. The predicted molar refractivity (Wildman–Crippen MR) is 118 cm³/mol. The molecule has 2 atom stereocenters. The Morgan fingerprint density at radius 2 is 1.77 bits per heavy atom. The summed E-state index contributed by atoms with van der Waals surface area (Å²) in [5.74, 6) is 0.0516. The Balaban J connectivity index is 2.98. The third-order valence-electron chi connectivity index (χ3n) is 4.89. The van der Waals surface area contributed by atoms with Crippen LogP contribution in [0.5, 0.6) is 17.4 Å². The van der Waals surface area contributed by atoms with E-state index in [9.17, 15) is 18.3 Å². The molecule has 30 heavy (non-hydrogen) atoms. The van der Waals surface area contributed by atoms with E-state index in [1.165, 1.54) is 25.7 Å². The summed E-state index contributed by atoms with van der Waals surface area (Å²) in [7, 11) is -1.30. The van der Waals surface area contributed by atoms with E-state index in [-0.39, 0.29) is 11.5 Å². The first kappa shape index (κ1) is 24.2. The van der Waals surface area contributed by atoms with Crippen LogP contribution in [-0.4, -0.2) is 47.4 Å². The summed E-state index contributed by atoms with van der Waals surface area (Å²) in [5, 5.41) is 9.52. The summed E-state index contributed by atoms with van der Waals surface area (Å²) in [4.78, 5) is 16.5. The highest BCUT2D eigenvalue weighted by atomic mass is 79.9. The topological polar surface area (TPSA) is 108 Å². The first-order chi connectivity index (χ1) is 14.1. The summed E-state index contributed by atoms with van der Waals surface area (Å²) in [6.07, 6.45) is 1.85. The molecular formula is C20H27BrN2O6S. The van der Waals surface area contributed by atoms with Crippen LogP contribution in [0.25, 0.3) is 5.69 Å². The highest BCUT2D eigenvalue weighted by molar-refractivity contribution is 9.09. The van der Waals surface area contributed by atoms with Gasteiger partial charge in [0, 0.05) is 11.2 Å². The number of benzene rings is 1. The summed E-state index contributed by atoms with van der Waals surface area (Å²) < 4.78 is 38.2. The first-order valence-electron chi connectivity index (χ1n) is 9.55. The molecule has 1 N–H and O–H groups in total. The number of nitrogens with zero attached hydrogens (tertiary/aromatic N) is 2. The molecule has 0 radical (unpaired) electrons. The fourth-order valence-corrected chi connectivity index (χ4v) is 5.36. The molecule has 0 spiro atoms. The summed E-state index contributed by atoms with van der Waals surface area (Å²) in [5.41, 5.74) is -0.654. The molecule has 0 saturated heterocycles. The minimum atomic E-state index is -4.18. The molecule has 166 valence electrons. The zero-order chi connectivity index (χ0) is 22.6. The van der Waals surface area contributed by atoms with Gasteiger partial charge < -0.3 is 14.6 Å². The highest BCUT2D eigenvalue weighted by Gasteiger charge is 2.35. The minimum Gasteiger partial charge on any atom is -0.494 e. The summed E-state index contributed by atoms with van der Waals surface area (Å²) in [6, 6.07) is 4.97. The van der Waals surface area contributed by atoms with E-state index < -0.39 is 36.2 Å². The average Bonchev–Trinajstić information content (AvgIpc) is 2.70. The van der Waals surface area contributed by atoms with Gasteiger partial charge in [-0.3, -0.25) is 9.36 Å². The maximum absolute atomic E-state index is 13.5. The number of rotatable bonds is 9. The van der Waals surface area contributed by atoms with Crippen LogP contribution < -0.4 is 15.0 Å². The van der Waals surface area contributed by atoms with Gasteiger partial charge in [-0.15, -0.1) is 0 Å². The fourth-order valence-electron chi connectivity index (χ4n) is 3.00. The number of methoxy groups -OCH3 is 2. The van der Waals surface area contributed by atoms with Gasteiger partial charge in [0.05, 0.1) is 19.5 Å². The fraction of sp³-hybridized carbons (Fsp3) is 0.500. The first-order valence-corrected chi connectivity index (χ1v) is 12.0. The van der Waals surface area contributed by atoms with Crippen molar-refractivity contribution in [1.82, 2.24) is 9.55 Å². The van der Waals surface area contributed by atoms with Gasteiger partial charge in [-0.2, -0.15) is 4.98 Å². The molecular weight excluding hydrogens is 476 g/mol. The van der Waals surface area contributed by atoms with Gasteiger partial charge in [0.1, 0.15) is 23.0 Å². The Morgan fingerprint density at radius 1 is 1.20 bits per heavy atom. The van der Waals surface area contributed by atoms with Crippen LogP contribution >= 0.6 is 15.9 Å². The van der Waals surface area contributed by atoms with Gasteiger partial charge in [-0.1, -0.05) is 42.3 Å². The van der Waals surface area contributed by atoms with Crippen molar-refractivity contribution in [2.45, 2.75) is 55.0 Å². The number of para-hydroxylation sites is 1. The molecule has 1 aromatic carbocycles. The van der Waals surface area contributed by atoms with Crippen molar-refractivity contribution in [3.63, 3.8) is 0 Å². The van der Waals surface area contributed by atoms with Crippen LogP contribution in [0, 0.1) is 0 Å². The van der Waals surface area contributed by atoms with Crippen molar-refractivity contribution in [3.8, 4) is 23.1 Å². The monoisotopic (exact) mass is 502 g/mol. The molecule has 2 aromatic rings. The van der Waals surface area contributed by atoms with E-state index in [4.69, 9.17) is 9.47 Å². The van der Waals surface area contributed by atoms with Crippen molar-refractivity contribution in [2.75, 3.05) is 14.2 Å². The number of halogens is 1. The van der Waals surface area contributed by atoms with E-state index in [2.05, 4.69) is 20.9 Å². The van der Waals surface area contributed by atoms with Crippen LogP contribution in [-0.2, 0) is 16.3 Å². The zero-order valence-electron chi connectivity index (χ0n) is 17.7. The molecule has 8 nitrogen and oxygen atoms in total. The highest BCUT2D eigenvalue weighted by Crippen LogP contribution is 2.34. The maximum atomic E-state index is 13.5. The number of aryl methyl sites for hydroxylation is 1. The largest absolute Gasteiger partial charge is 0.494 e. The lowest BCUT2D eigenvalue weighted by Gasteiger charge is -2.21. The van der Waals surface area contributed by atoms with E-state index in [0.29, 0.717) is 24.3 Å². The Kier molecular flexibility index (Phi) is 7.93. The molecule has 0 bridgehead atoms. The number of unbranched alkanes of at least 4 members (excludes halogenated alkanes) is 1. The predicted octanol–water partition coefficient (Wildman–Crippen LogP) is 3.24. The van der Waals surface area contributed by atoms with Gasteiger partial charge in [0.2, 0.25) is 5.88 Å². The number of sulfone groups is 1. The molecule has 0 aliphatic carbocycles. The number of hydrogen-bond donors (Lipinski definition) is 1. The van der Waals surface area contributed by atoms with Crippen molar-refractivity contribution in [2.24, 2.45) is 0 Å². The average molecular weight is 503 g/mol. The van der Waals surface area contributed by atoms with Gasteiger partial charge in [-0.05, 0) is 25.5 Å². The van der Waals surface area contributed by atoms with Crippen molar-refractivity contribution >= 4 is 25.8 Å². The third-order valence-corrected chi connectivity index (χ3v) is 8.35. The molecule has 0 fully saturated rings. The molecule has 1 heterocycles. The van der Waals surface area contributed by atoms with Crippen LogP contribution in [0.4, 0.5) is 0 Å². The zero-order valence-corrected chi connectivity index (χ0v) is 20.1. The van der Waals surface area contributed by atoms with Crippen LogP contribution in [0.2, 0.25) is 0 Å². The SMILES string of the molecule is CCCCc1nc(O)c(S(=O)(=O)C(C)[C@H](C)Br)c(=O)n1-c1c(OC)cccc1OC. The van der Waals surface area contributed by atoms with Gasteiger partial charge in [0.25, 0.3) is 5.56 Å². The standard InChI is InChI=1S/C20H27BrN2O6S/c1-6-7-11-16-22-19(24)18(30(26,27)13(3)12(2)21)20(25)23(16)17-14(28-4)9-8-10-15(17)29-5/h8-10,12-13,24H,6-7,11H2,1-5H3/t12-,13?/m0/s1. The molecule has 0 amide bonds. The molecule has 0 aliphatic heterocycles. The smallest absolute Gasteiger partial charge is 0.281 e. The van der Waals surface area contributed by atoms with Gasteiger partial charge in [0.15, 0.2) is 14.7 Å². The molecule has 2 rings (SSSR count). The van der Waals surface area contributed by atoms with E-state index in [0.717, 1.165) is 6.42 Å². The number of ether oxygens (including phenoxy) is 2. The number of hydrogen-bond acceptors (Lipinski definition) is 7. The minimum absolute atomic E-state index is 0.223. The number of aromatic nitrogens is 2. The number of aromatic hydroxyl groups is 1. The maximum Gasteiger partial charge on any atom is 0.281 e. The second-order valence-electron chi connectivity index (χ2n) is 6.86. The molecule has 0 aliphatic rings. The lowest BCUT2D eigenvalue weighted by Crippen LogP contribution is -2.35. The molecule has 0 saturated carbocycles. The van der Waals surface area contributed by atoms with Crippen LogP contribution in [0.3, 0.4) is 0 Å². The Morgan fingerprint density at radius 3 is 2.23 bits per heavy atom. The summed E-state index contributed by atoms with van der Waals surface area (Å²) >= 11 is 3.25. The summed E-state index contributed by atoms with van der Waals surface area (Å²) in [6.45, 7) is 5.10. The van der Waals surface area contributed by atoms with E-state index in [1.807, 2.05) is 6.92 Å². The van der Waals surface area contributed by atoms with Crippen molar-refractivity contribution in [3.05, 3.63) is 34.4 Å². The van der Waals surface area contributed by atoms with Crippen LogP contribution in [0.15, 0.2) is 27.9 Å². The lowest BCUT2D eigenvalue weighted by molar-refractivity contribution is 0.386. The third kappa shape index (κ3) is 4.49. The molecule has 1 aromatic heterocycles. The van der Waals surface area contributed by atoms with Crippen LogP contribution in [0.1, 0.15) is 39.4 Å².